The molecular formula is C54H33N3O. The summed E-state index contributed by atoms with van der Waals surface area (Å²) in [7, 11) is 0. The van der Waals surface area contributed by atoms with Gasteiger partial charge >= 0.3 is 0 Å². The molecule has 0 spiro atoms. The fraction of sp³-hybridized carbons (Fsp3) is 0. The summed E-state index contributed by atoms with van der Waals surface area (Å²) in [6.07, 6.45) is 0. The van der Waals surface area contributed by atoms with Crippen molar-refractivity contribution in [2.24, 2.45) is 0 Å². The van der Waals surface area contributed by atoms with E-state index in [1.54, 1.807) is 0 Å². The van der Waals surface area contributed by atoms with Gasteiger partial charge in [0.2, 0.25) is 0 Å². The standard InChI is InChI=1S/C54H33N3O/c1-4-14-36(15-5-1)55-45-22-12-10-21-40(45)53-48(55)28-29-49-54(53)44-31-35(25-27-47(44)56(49)37-16-6-2-7-17-37)34-24-26-46-41(30-34)42-32-43-39-20-11-13-23-51(39)58-52(43)33-50(42)57(46)38-18-8-3-9-19-38/h1-33H. The van der Waals surface area contributed by atoms with E-state index in [1.807, 2.05) is 6.07 Å². The summed E-state index contributed by atoms with van der Waals surface area (Å²) >= 11 is 0. The molecule has 4 heteroatoms. The molecule has 0 radical (unpaired) electrons. The zero-order chi connectivity index (χ0) is 37.9. The molecule has 270 valence electrons. The molecule has 0 fully saturated rings. The Labute approximate surface area is 332 Å². The number of fused-ring (bicyclic) bond motifs is 13. The maximum absolute atomic E-state index is 6.42. The number of para-hydroxylation sites is 5. The van der Waals surface area contributed by atoms with Crippen molar-refractivity contribution in [2.45, 2.75) is 0 Å². The Balaban J connectivity index is 1.11. The first kappa shape index (κ1) is 31.4. The van der Waals surface area contributed by atoms with Crippen LogP contribution < -0.4 is 0 Å². The summed E-state index contributed by atoms with van der Waals surface area (Å²) in [6, 6.07) is 72.5. The lowest BCUT2D eigenvalue weighted by Crippen LogP contribution is -1.94. The topological polar surface area (TPSA) is 27.9 Å². The van der Waals surface area contributed by atoms with Gasteiger partial charge in [-0.1, -0.05) is 103 Å². The van der Waals surface area contributed by atoms with E-state index in [-0.39, 0.29) is 0 Å². The number of rotatable bonds is 4. The third-order valence-corrected chi connectivity index (χ3v) is 12.2. The highest BCUT2D eigenvalue weighted by atomic mass is 16.3. The Kier molecular flexibility index (Phi) is 6.41. The van der Waals surface area contributed by atoms with E-state index in [0.29, 0.717) is 0 Å². The van der Waals surface area contributed by atoms with Gasteiger partial charge < -0.3 is 18.1 Å². The molecule has 0 saturated heterocycles. The summed E-state index contributed by atoms with van der Waals surface area (Å²) in [5.41, 5.74) is 14.7. The lowest BCUT2D eigenvalue weighted by molar-refractivity contribution is 0.669. The minimum absolute atomic E-state index is 0.897. The average Bonchev–Trinajstić information content (AvgIpc) is 4.02. The predicted octanol–water partition coefficient (Wildman–Crippen LogP) is 14.5. The summed E-state index contributed by atoms with van der Waals surface area (Å²) in [6.45, 7) is 0. The second-order valence-corrected chi connectivity index (χ2v) is 15.3. The number of benzene rings is 9. The van der Waals surface area contributed by atoms with Crippen molar-refractivity contribution < 1.29 is 4.42 Å². The highest BCUT2D eigenvalue weighted by molar-refractivity contribution is 6.29. The van der Waals surface area contributed by atoms with Gasteiger partial charge in [0.15, 0.2) is 0 Å². The molecule has 0 saturated carbocycles. The monoisotopic (exact) mass is 739 g/mol. The quantitative estimate of drug-likeness (QED) is 0.177. The number of aromatic nitrogens is 3. The highest BCUT2D eigenvalue weighted by Crippen LogP contribution is 2.44. The number of hydrogen-bond donors (Lipinski definition) is 0. The molecule has 4 aromatic heterocycles. The van der Waals surface area contributed by atoms with E-state index in [2.05, 4.69) is 208 Å². The molecule has 13 rings (SSSR count). The summed E-state index contributed by atoms with van der Waals surface area (Å²) in [5.74, 6) is 0. The van der Waals surface area contributed by atoms with Crippen LogP contribution in [0.3, 0.4) is 0 Å². The van der Waals surface area contributed by atoms with Crippen LogP contribution in [0.4, 0.5) is 0 Å². The van der Waals surface area contributed by atoms with Crippen molar-refractivity contribution in [3.05, 3.63) is 200 Å². The molecule has 58 heavy (non-hydrogen) atoms. The van der Waals surface area contributed by atoms with Crippen LogP contribution >= 0.6 is 0 Å². The van der Waals surface area contributed by atoms with Gasteiger partial charge in [0.1, 0.15) is 11.2 Å². The molecule has 4 nitrogen and oxygen atoms in total. The molecule has 9 aromatic carbocycles. The van der Waals surface area contributed by atoms with E-state index < -0.39 is 0 Å². The van der Waals surface area contributed by atoms with Crippen LogP contribution in [0.5, 0.6) is 0 Å². The van der Waals surface area contributed by atoms with Crippen molar-refractivity contribution in [1.29, 1.82) is 0 Å². The van der Waals surface area contributed by atoms with Crippen molar-refractivity contribution in [1.82, 2.24) is 13.7 Å². The normalized spacial score (nSPS) is 12.1. The zero-order valence-corrected chi connectivity index (χ0v) is 31.3. The van der Waals surface area contributed by atoms with Crippen molar-refractivity contribution >= 4 is 87.4 Å². The largest absolute Gasteiger partial charge is 0.456 e. The third-order valence-electron chi connectivity index (χ3n) is 12.2. The van der Waals surface area contributed by atoms with Gasteiger partial charge in [0.25, 0.3) is 0 Å². The van der Waals surface area contributed by atoms with Crippen LogP contribution in [0.15, 0.2) is 205 Å². The Morgan fingerprint density at radius 2 is 0.707 bits per heavy atom. The number of nitrogens with zero attached hydrogens (tertiary/aromatic N) is 3. The Hall–Kier alpha value is -7.82. The molecule has 0 aliphatic carbocycles. The highest BCUT2D eigenvalue weighted by Gasteiger charge is 2.22. The van der Waals surface area contributed by atoms with Gasteiger partial charge in [0, 0.05) is 66.2 Å². The van der Waals surface area contributed by atoms with Crippen molar-refractivity contribution in [3.63, 3.8) is 0 Å². The van der Waals surface area contributed by atoms with Gasteiger partial charge in [-0.3, -0.25) is 0 Å². The van der Waals surface area contributed by atoms with Crippen LogP contribution in [-0.4, -0.2) is 13.7 Å². The van der Waals surface area contributed by atoms with Crippen LogP contribution in [0.25, 0.3) is 116 Å². The molecule has 0 aliphatic rings. The molecule has 13 aromatic rings. The van der Waals surface area contributed by atoms with Crippen molar-refractivity contribution in [3.8, 4) is 28.2 Å². The van der Waals surface area contributed by atoms with E-state index in [4.69, 9.17) is 4.42 Å². The molecule has 0 N–H and O–H groups in total. The molecule has 0 unspecified atom stereocenters. The lowest BCUT2D eigenvalue weighted by atomic mass is 9.99. The number of furan rings is 1. The van der Waals surface area contributed by atoms with E-state index in [0.717, 1.165) is 44.5 Å². The SMILES string of the molecule is c1ccc(-n2c3ccc(-c4ccc5c(c4)c4c6c7ccccc7n(-c7ccccc7)c6ccc4n5-c4ccccc4)cc3c3cc4c(cc32)oc2ccccc24)cc1. The van der Waals surface area contributed by atoms with Gasteiger partial charge in [-0.25, -0.2) is 0 Å². The first-order valence-electron chi connectivity index (χ1n) is 19.8. The van der Waals surface area contributed by atoms with E-state index >= 15 is 0 Å². The fourth-order valence-corrected chi connectivity index (χ4v) is 9.73. The molecular weight excluding hydrogens is 707 g/mol. The van der Waals surface area contributed by atoms with E-state index in [1.165, 1.54) is 71.0 Å². The van der Waals surface area contributed by atoms with Crippen molar-refractivity contribution in [2.75, 3.05) is 0 Å². The summed E-state index contributed by atoms with van der Waals surface area (Å²) < 4.78 is 13.6. The molecule has 4 heterocycles. The summed E-state index contributed by atoms with van der Waals surface area (Å²) in [4.78, 5) is 0. The lowest BCUT2D eigenvalue weighted by Gasteiger charge is -2.09. The molecule has 0 bridgehead atoms. The number of hydrogen-bond acceptors (Lipinski definition) is 1. The first-order valence-corrected chi connectivity index (χ1v) is 19.8. The predicted molar refractivity (Wildman–Crippen MR) is 242 cm³/mol. The minimum Gasteiger partial charge on any atom is -0.456 e. The van der Waals surface area contributed by atoms with Crippen LogP contribution in [0, 0.1) is 0 Å². The smallest absolute Gasteiger partial charge is 0.137 e. The maximum Gasteiger partial charge on any atom is 0.137 e. The van der Waals surface area contributed by atoms with Gasteiger partial charge in [0.05, 0.1) is 33.1 Å². The molecule has 0 amide bonds. The molecule has 0 aliphatic heterocycles. The van der Waals surface area contributed by atoms with Crippen LogP contribution in [0.2, 0.25) is 0 Å². The third kappa shape index (κ3) is 4.34. The summed E-state index contributed by atoms with van der Waals surface area (Å²) in [5, 5.41) is 9.70. The second-order valence-electron chi connectivity index (χ2n) is 15.3. The minimum atomic E-state index is 0.897. The van der Waals surface area contributed by atoms with Gasteiger partial charge in [-0.2, -0.15) is 0 Å². The maximum atomic E-state index is 6.42. The van der Waals surface area contributed by atoms with Crippen LogP contribution in [-0.2, 0) is 0 Å². The second kappa shape index (κ2) is 11.8. The Bertz CT molecular complexity index is 3770. The van der Waals surface area contributed by atoms with E-state index in [9.17, 15) is 0 Å². The fourth-order valence-electron chi connectivity index (χ4n) is 9.73. The first-order chi connectivity index (χ1) is 28.8. The average molecular weight is 740 g/mol. The van der Waals surface area contributed by atoms with Gasteiger partial charge in [-0.05, 0) is 102 Å². The molecule has 0 atom stereocenters. The Morgan fingerprint density at radius 1 is 0.259 bits per heavy atom. The zero-order valence-electron chi connectivity index (χ0n) is 31.3. The van der Waals surface area contributed by atoms with Gasteiger partial charge in [-0.15, -0.1) is 0 Å². The Morgan fingerprint density at radius 3 is 1.34 bits per heavy atom. The van der Waals surface area contributed by atoms with Crippen LogP contribution in [0.1, 0.15) is 0 Å².